The quantitative estimate of drug-likeness (QED) is 0.851. The van der Waals surface area contributed by atoms with Crippen molar-refractivity contribution in [2.75, 3.05) is 5.32 Å². The van der Waals surface area contributed by atoms with Gasteiger partial charge in [-0.15, -0.1) is 5.10 Å². The van der Waals surface area contributed by atoms with Crippen molar-refractivity contribution in [3.05, 3.63) is 4.60 Å². The molecule has 0 aliphatic rings. The van der Waals surface area contributed by atoms with E-state index in [0.29, 0.717) is 17.0 Å². The van der Waals surface area contributed by atoms with Crippen molar-refractivity contribution in [3.63, 3.8) is 0 Å². The van der Waals surface area contributed by atoms with Crippen molar-refractivity contribution in [2.24, 2.45) is 0 Å². The molecule has 0 saturated heterocycles. The molecular formula is C6H9BrN4O2. The number of carboxylic acid groups (broad SMARTS) is 1. The molecule has 0 aliphatic heterocycles. The van der Waals surface area contributed by atoms with Gasteiger partial charge in [0, 0.05) is 6.54 Å². The van der Waals surface area contributed by atoms with E-state index >= 15 is 0 Å². The van der Waals surface area contributed by atoms with Crippen LogP contribution in [0, 0.1) is 0 Å². The summed E-state index contributed by atoms with van der Waals surface area (Å²) >= 11 is 3.10. The van der Waals surface area contributed by atoms with Crippen LogP contribution in [0.4, 0.5) is 10.6 Å². The summed E-state index contributed by atoms with van der Waals surface area (Å²) in [6.07, 6.45) is -0.259. The van der Waals surface area contributed by atoms with Gasteiger partial charge in [-0.1, -0.05) is 12.1 Å². The van der Waals surface area contributed by atoms with E-state index in [1.54, 1.807) is 0 Å². The van der Waals surface area contributed by atoms with Crippen molar-refractivity contribution in [1.29, 1.82) is 0 Å². The molecule has 0 spiro atoms. The third kappa shape index (κ3) is 2.41. The van der Waals surface area contributed by atoms with Gasteiger partial charge in [0.2, 0.25) is 0 Å². The van der Waals surface area contributed by atoms with Gasteiger partial charge in [-0.3, -0.25) is 5.32 Å². The number of hydrogen-bond acceptors (Lipinski definition) is 3. The van der Waals surface area contributed by atoms with Crippen LogP contribution in [0.3, 0.4) is 0 Å². The van der Waals surface area contributed by atoms with E-state index in [0.717, 1.165) is 6.42 Å². The molecular weight excluding hydrogens is 240 g/mol. The highest BCUT2D eigenvalue weighted by Gasteiger charge is 2.11. The highest BCUT2D eigenvalue weighted by atomic mass is 79.9. The fourth-order valence-electron chi connectivity index (χ4n) is 0.878. The van der Waals surface area contributed by atoms with Crippen LogP contribution in [0.25, 0.3) is 0 Å². The molecule has 1 heterocycles. The zero-order valence-electron chi connectivity index (χ0n) is 6.99. The Hall–Kier alpha value is -1.11. The molecule has 13 heavy (non-hydrogen) atoms. The molecule has 2 N–H and O–H groups in total. The molecule has 0 radical (unpaired) electrons. The van der Waals surface area contributed by atoms with Crippen LogP contribution in [-0.4, -0.2) is 26.2 Å². The van der Waals surface area contributed by atoms with Crippen LogP contribution < -0.4 is 5.32 Å². The number of aryl methyl sites for hydroxylation is 1. The second-order valence-electron chi connectivity index (χ2n) is 2.38. The molecule has 0 aromatic carbocycles. The summed E-state index contributed by atoms with van der Waals surface area (Å²) in [6, 6.07) is 0. The Balaban J connectivity index is 2.87. The number of aromatic nitrogens is 3. The van der Waals surface area contributed by atoms with Gasteiger partial charge < -0.3 is 5.11 Å². The molecule has 1 aromatic heterocycles. The molecule has 0 unspecified atom stereocenters. The van der Waals surface area contributed by atoms with E-state index in [4.69, 9.17) is 5.11 Å². The van der Waals surface area contributed by atoms with E-state index in [-0.39, 0.29) is 0 Å². The summed E-state index contributed by atoms with van der Waals surface area (Å²) in [6.45, 7) is 2.61. The molecule has 6 nitrogen and oxygen atoms in total. The Morgan fingerprint density at radius 2 is 2.46 bits per heavy atom. The van der Waals surface area contributed by atoms with Crippen LogP contribution in [0.2, 0.25) is 0 Å². The average Bonchev–Trinajstić information content (AvgIpc) is 2.36. The first kappa shape index (κ1) is 9.97. The Morgan fingerprint density at radius 3 is 3.00 bits per heavy atom. The summed E-state index contributed by atoms with van der Waals surface area (Å²) in [5.41, 5.74) is 0. The Labute approximate surface area is 83.1 Å². The largest absolute Gasteiger partial charge is 0.465 e. The predicted octanol–water partition coefficient (Wildman–Crippen LogP) is 1.54. The van der Waals surface area contributed by atoms with E-state index in [1.807, 2.05) is 6.92 Å². The number of nitrogens with one attached hydrogen (secondary N) is 1. The number of halogens is 1. The summed E-state index contributed by atoms with van der Waals surface area (Å²) < 4.78 is 1.90. The van der Waals surface area contributed by atoms with Crippen LogP contribution in [-0.2, 0) is 6.54 Å². The molecule has 0 saturated carbocycles. The number of amides is 1. The van der Waals surface area contributed by atoms with Gasteiger partial charge in [0.25, 0.3) is 0 Å². The van der Waals surface area contributed by atoms with Crippen molar-refractivity contribution in [3.8, 4) is 0 Å². The van der Waals surface area contributed by atoms with Crippen LogP contribution >= 0.6 is 15.9 Å². The van der Waals surface area contributed by atoms with Gasteiger partial charge in [-0.2, -0.15) is 0 Å². The van der Waals surface area contributed by atoms with E-state index < -0.39 is 6.09 Å². The van der Waals surface area contributed by atoms with Crippen molar-refractivity contribution < 1.29 is 9.90 Å². The topological polar surface area (TPSA) is 80.0 Å². The zero-order valence-corrected chi connectivity index (χ0v) is 8.58. The fourth-order valence-corrected chi connectivity index (χ4v) is 1.25. The van der Waals surface area contributed by atoms with Gasteiger partial charge >= 0.3 is 6.09 Å². The van der Waals surface area contributed by atoms with Crippen molar-refractivity contribution in [2.45, 2.75) is 19.9 Å². The van der Waals surface area contributed by atoms with Gasteiger partial charge in [0.15, 0.2) is 10.4 Å². The van der Waals surface area contributed by atoms with Crippen LogP contribution in [0.5, 0.6) is 0 Å². The summed E-state index contributed by atoms with van der Waals surface area (Å²) in [5.74, 6) is 0.370. The minimum Gasteiger partial charge on any atom is -0.465 e. The van der Waals surface area contributed by atoms with Gasteiger partial charge in [0.1, 0.15) is 0 Å². The molecule has 1 amide bonds. The molecule has 0 fully saturated rings. The summed E-state index contributed by atoms with van der Waals surface area (Å²) in [5, 5.41) is 18.2. The van der Waals surface area contributed by atoms with Gasteiger partial charge in [0.05, 0.1) is 0 Å². The Morgan fingerprint density at radius 1 is 1.77 bits per heavy atom. The lowest BCUT2D eigenvalue weighted by Crippen LogP contribution is -2.13. The maximum Gasteiger partial charge on any atom is 0.410 e. The lowest BCUT2D eigenvalue weighted by atomic mass is 10.5. The minimum atomic E-state index is -1.12. The molecule has 0 atom stereocenters. The maximum atomic E-state index is 10.4. The maximum absolute atomic E-state index is 10.4. The molecule has 0 bridgehead atoms. The molecule has 7 heteroatoms. The summed E-state index contributed by atoms with van der Waals surface area (Å²) in [7, 11) is 0. The Bertz CT molecular complexity index is 312. The SMILES string of the molecule is CCCn1nnc(Br)c1NC(=O)O. The van der Waals surface area contributed by atoms with Crippen LogP contribution in [0.1, 0.15) is 13.3 Å². The molecule has 1 aromatic rings. The summed E-state index contributed by atoms with van der Waals surface area (Å²) in [4.78, 5) is 10.4. The number of nitrogens with zero attached hydrogens (tertiary/aromatic N) is 3. The van der Waals surface area contributed by atoms with Crippen LogP contribution in [0.15, 0.2) is 4.60 Å². The van der Waals surface area contributed by atoms with E-state index in [2.05, 4.69) is 31.6 Å². The zero-order chi connectivity index (χ0) is 9.84. The number of hydrogen-bond donors (Lipinski definition) is 2. The third-order valence-electron chi connectivity index (χ3n) is 1.35. The van der Waals surface area contributed by atoms with E-state index in [9.17, 15) is 4.79 Å². The second kappa shape index (κ2) is 4.22. The van der Waals surface area contributed by atoms with Gasteiger partial charge in [-0.25, -0.2) is 9.48 Å². The standard InChI is InChI=1S/C6H9BrN4O2/c1-2-3-11-5(8-6(12)13)4(7)9-10-11/h8H,2-3H2,1H3,(H,12,13). The average molecular weight is 249 g/mol. The van der Waals surface area contributed by atoms with Crippen molar-refractivity contribution >= 4 is 27.8 Å². The molecule has 0 aliphatic carbocycles. The Kier molecular flexibility index (Phi) is 3.24. The second-order valence-corrected chi connectivity index (χ2v) is 3.13. The van der Waals surface area contributed by atoms with Crippen molar-refractivity contribution in [1.82, 2.24) is 15.0 Å². The normalized spacial score (nSPS) is 10.0. The fraction of sp³-hybridized carbons (Fsp3) is 0.500. The smallest absolute Gasteiger partial charge is 0.410 e. The lowest BCUT2D eigenvalue weighted by Gasteiger charge is -2.03. The highest BCUT2D eigenvalue weighted by Crippen LogP contribution is 2.18. The number of anilines is 1. The first-order chi connectivity index (χ1) is 6.15. The lowest BCUT2D eigenvalue weighted by molar-refractivity contribution is 0.209. The first-order valence-corrected chi connectivity index (χ1v) is 4.53. The number of carbonyl (C=O) groups is 1. The first-order valence-electron chi connectivity index (χ1n) is 3.74. The number of rotatable bonds is 3. The monoisotopic (exact) mass is 248 g/mol. The van der Waals surface area contributed by atoms with E-state index in [1.165, 1.54) is 4.68 Å². The van der Waals surface area contributed by atoms with Gasteiger partial charge in [-0.05, 0) is 22.4 Å². The predicted molar refractivity (Wildman–Crippen MR) is 49.7 cm³/mol. The third-order valence-corrected chi connectivity index (χ3v) is 1.89. The molecule has 1 rings (SSSR count). The molecule has 72 valence electrons. The minimum absolute atomic E-state index is 0.370. The highest BCUT2D eigenvalue weighted by molar-refractivity contribution is 9.10.